The van der Waals surface area contributed by atoms with Crippen LogP contribution in [-0.2, 0) is 30.7 Å². The van der Waals surface area contributed by atoms with E-state index >= 15 is 0 Å². The molecule has 5 nitrogen and oxygen atoms in total. The number of aromatic amines is 1. The molecule has 2 atom stereocenters. The molecule has 0 amide bonds. The maximum absolute atomic E-state index is 7.75. The van der Waals surface area contributed by atoms with Gasteiger partial charge < -0.3 is 27.3 Å². The number of aromatic nitrogens is 3. The van der Waals surface area contributed by atoms with Crippen LogP contribution in [0, 0.1) is 17.8 Å². The molecule has 1 saturated carbocycles. The van der Waals surface area contributed by atoms with Gasteiger partial charge in [-0.15, -0.1) is 12.0 Å². The van der Waals surface area contributed by atoms with Gasteiger partial charge in [-0.25, -0.2) is 4.98 Å². The number of benzene rings is 1. The average Bonchev–Trinajstić information content (AvgIpc) is 3.42. The third-order valence-corrected chi connectivity index (χ3v) is 4.99. The Morgan fingerprint density at radius 1 is 1.07 bits per heavy atom. The summed E-state index contributed by atoms with van der Waals surface area (Å²) in [5.41, 5.74) is 2.88. The van der Waals surface area contributed by atoms with E-state index in [0.29, 0.717) is 0 Å². The molecule has 30 heavy (non-hydrogen) atoms. The number of fused-ring (bicyclic) bond motifs is 2. The normalized spacial score (nSPS) is 18.4. The Morgan fingerprint density at radius 2 is 1.77 bits per heavy atom. The number of allylic oxidation sites excluding steroid dienone is 4. The number of H-pyrrole nitrogens is 1. The van der Waals surface area contributed by atoms with Crippen LogP contribution in [-0.4, -0.2) is 28.5 Å². The van der Waals surface area contributed by atoms with E-state index in [0.717, 1.165) is 34.4 Å². The molecule has 1 unspecified atom stereocenters. The molecule has 0 aliphatic heterocycles. The third kappa shape index (κ3) is 6.43. The zero-order valence-electron chi connectivity index (χ0n) is 16.7. The molecule has 0 spiro atoms. The van der Waals surface area contributed by atoms with Crippen molar-refractivity contribution in [1.82, 2.24) is 15.0 Å². The van der Waals surface area contributed by atoms with Gasteiger partial charge in [-0.2, -0.15) is 13.3 Å². The van der Waals surface area contributed by atoms with Crippen molar-refractivity contribution >= 4 is 24.6 Å². The molecule has 152 valence electrons. The summed E-state index contributed by atoms with van der Waals surface area (Å²) >= 11 is 0. The number of nitrogens with zero attached hydrogens (tertiary/aromatic N) is 2. The van der Waals surface area contributed by atoms with Gasteiger partial charge in [-0.3, -0.25) is 11.8 Å². The Hall–Kier alpha value is -2.65. The first-order chi connectivity index (χ1) is 14.3. The fraction of sp³-hybridized carbons (Fsp3) is 0.208. The Morgan fingerprint density at radius 3 is 2.43 bits per heavy atom. The Kier molecular flexibility index (Phi) is 11.5. The zero-order chi connectivity index (χ0) is 21.1. The average molecular weight is 481 g/mol. The topological polar surface area (TPSA) is 75.7 Å². The first-order valence-corrected chi connectivity index (χ1v) is 9.29. The minimum absolute atomic E-state index is 0. The minimum Gasteiger partial charge on any atom is -0.573 e. The molecule has 2 aromatic heterocycles. The number of rotatable bonds is 1. The van der Waals surface area contributed by atoms with Gasteiger partial charge in [-0.1, -0.05) is 42.8 Å². The smallest absolute Gasteiger partial charge is 0.573 e. The summed E-state index contributed by atoms with van der Waals surface area (Å²) in [5, 5.41) is 0. The molecular weight excluding hydrogens is 458 g/mol. The monoisotopic (exact) mass is 483 g/mol. The second-order valence-corrected chi connectivity index (χ2v) is 6.66. The van der Waals surface area contributed by atoms with Crippen LogP contribution in [0.2, 0.25) is 0 Å². The van der Waals surface area contributed by atoms with Crippen LogP contribution in [0.4, 0.5) is 0 Å². The fourth-order valence-corrected chi connectivity index (χ4v) is 3.60. The Labute approximate surface area is 192 Å². The van der Waals surface area contributed by atoms with Gasteiger partial charge in [0, 0.05) is 6.20 Å². The number of hydrogen-bond acceptors (Lipinski definition) is 4. The molecule has 2 heterocycles. The number of carbonyl (C=O) groups excluding carboxylic acids is 2. The number of pyridine rings is 1. The van der Waals surface area contributed by atoms with Crippen LogP contribution in [0.15, 0.2) is 73.0 Å². The van der Waals surface area contributed by atoms with Crippen molar-refractivity contribution in [2.24, 2.45) is 11.8 Å². The Balaban J connectivity index is 0.000000263. The first-order valence-electron chi connectivity index (χ1n) is 9.29. The third-order valence-electron chi connectivity index (χ3n) is 4.99. The molecule has 6 heteroatoms. The fourth-order valence-electron chi connectivity index (χ4n) is 3.60. The summed E-state index contributed by atoms with van der Waals surface area (Å²) in [6.07, 6.45) is 13.5. The number of para-hydroxylation sites is 2. The van der Waals surface area contributed by atoms with Crippen LogP contribution < -0.4 is 0 Å². The molecule has 3 aromatic rings. The van der Waals surface area contributed by atoms with Gasteiger partial charge >= 0.3 is 21.1 Å². The summed E-state index contributed by atoms with van der Waals surface area (Å²) in [5.74, 6) is 4.11. The second kappa shape index (κ2) is 13.5. The standard InChI is InChI=1S/C12H9N3.C10H13.CHO.CO.Mo/c1-2-6-10-9(5-1)14-12(15-10)11-7-3-4-8-13-11;1-8-6-7-9-4-2-3-5-10(8)9;2*1-2;/h1-8H,(H,14,15);2-5,9-10H,6-7H2,1H3;1H;;/q;3*-1;+3/t;9?,10-;;;/m.0.../s1. The molecule has 0 saturated heterocycles. The summed E-state index contributed by atoms with van der Waals surface area (Å²) < 4.78 is 0. The van der Waals surface area contributed by atoms with E-state index in [9.17, 15) is 0 Å². The van der Waals surface area contributed by atoms with E-state index in [1.807, 2.05) is 42.5 Å². The van der Waals surface area contributed by atoms with Crippen molar-refractivity contribution < 1.29 is 30.7 Å². The molecule has 2 radical (unpaired) electrons. The first kappa shape index (κ1) is 25.4. The van der Waals surface area contributed by atoms with E-state index in [4.69, 9.17) is 9.59 Å². The predicted octanol–water partition coefficient (Wildman–Crippen LogP) is 4.68. The van der Waals surface area contributed by atoms with Crippen LogP contribution in [0.5, 0.6) is 0 Å². The van der Waals surface area contributed by atoms with E-state index in [-0.39, 0.29) is 21.1 Å². The van der Waals surface area contributed by atoms with Crippen molar-refractivity contribution in [3.05, 3.63) is 78.9 Å². The van der Waals surface area contributed by atoms with Crippen molar-refractivity contribution in [3.63, 3.8) is 0 Å². The second-order valence-electron chi connectivity index (χ2n) is 6.66. The van der Waals surface area contributed by atoms with Crippen LogP contribution in [0.25, 0.3) is 22.6 Å². The van der Waals surface area contributed by atoms with E-state index < -0.39 is 0 Å². The zero-order valence-corrected chi connectivity index (χ0v) is 18.7. The van der Waals surface area contributed by atoms with Gasteiger partial charge in [0.25, 0.3) is 0 Å². The number of hydrogen-bond donors (Lipinski definition) is 1. The van der Waals surface area contributed by atoms with Crippen molar-refractivity contribution in [2.75, 3.05) is 0 Å². The van der Waals surface area contributed by atoms with Crippen LogP contribution >= 0.6 is 0 Å². The molecule has 2 aliphatic carbocycles. The van der Waals surface area contributed by atoms with Crippen molar-refractivity contribution in [3.8, 4) is 11.5 Å². The maximum Gasteiger partial charge on any atom is 3.00 e. The van der Waals surface area contributed by atoms with Crippen LogP contribution in [0.3, 0.4) is 0 Å². The number of nitrogens with one attached hydrogen (secondary N) is 1. The SMILES string of the molecule is C[C-]1CCC2C=CC=C[C@@H]12.[C-]=O.[CH-]=O.[Mo+3].c1ccc(-c2nc3ccccc3[nH]2)nc1. The van der Waals surface area contributed by atoms with E-state index in [2.05, 4.69) is 59.8 Å². The van der Waals surface area contributed by atoms with Crippen LogP contribution in [0.1, 0.15) is 19.8 Å². The molecule has 2 aliphatic rings. The summed E-state index contributed by atoms with van der Waals surface area (Å²) in [7, 11) is 0. The maximum atomic E-state index is 7.75. The van der Waals surface area contributed by atoms with E-state index in [1.54, 1.807) is 12.1 Å². The predicted molar refractivity (Wildman–Crippen MR) is 115 cm³/mol. The molecule has 1 fully saturated rings. The van der Waals surface area contributed by atoms with Gasteiger partial charge in [0.1, 0.15) is 5.69 Å². The van der Waals surface area contributed by atoms with E-state index in [1.165, 1.54) is 12.8 Å². The van der Waals surface area contributed by atoms with Gasteiger partial charge in [0.05, 0.1) is 11.0 Å². The Bertz CT molecular complexity index is 905. The van der Waals surface area contributed by atoms with Gasteiger partial charge in [0.15, 0.2) is 5.82 Å². The quantitative estimate of drug-likeness (QED) is 0.311. The summed E-state index contributed by atoms with van der Waals surface area (Å²) in [6, 6.07) is 13.8. The molecule has 1 aromatic carbocycles. The molecule has 1 N–H and O–H groups in total. The largest absolute Gasteiger partial charge is 3.00 e. The molecular formula is C24H23MoN3O2. The van der Waals surface area contributed by atoms with Crippen molar-refractivity contribution in [2.45, 2.75) is 19.8 Å². The molecule has 0 bridgehead atoms. The molecule has 5 rings (SSSR count). The van der Waals surface area contributed by atoms with Crippen molar-refractivity contribution in [1.29, 1.82) is 0 Å². The van der Waals surface area contributed by atoms with Gasteiger partial charge in [0.2, 0.25) is 0 Å². The van der Waals surface area contributed by atoms with Gasteiger partial charge in [-0.05, 0) is 30.2 Å². The number of imidazole rings is 1. The minimum atomic E-state index is 0. The summed E-state index contributed by atoms with van der Waals surface area (Å²) in [4.78, 5) is 27.2. The summed E-state index contributed by atoms with van der Waals surface area (Å²) in [6.45, 7) is 10.0.